The van der Waals surface area contributed by atoms with Gasteiger partial charge >= 0.3 is 0 Å². The lowest BCUT2D eigenvalue weighted by atomic mass is 9.93. The van der Waals surface area contributed by atoms with Crippen LogP contribution in [-0.2, 0) is 29.1 Å². The second-order valence-electron chi connectivity index (χ2n) is 10.5. The number of nitrogens with zero attached hydrogens (tertiary/aromatic N) is 4. The first-order valence-corrected chi connectivity index (χ1v) is 13.6. The molecule has 6 rings (SSSR count). The van der Waals surface area contributed by atoms with Gasteiger partial charge in [0.2, 0.25) is 0 Å². The van der Waals surface area contributed by atoms with Crippen LogP contribution in [0, 0.1) is 5.82 Å². The lowest BCUT2D eigenvalue weighted by molar-refractivity contribution is -0.135. The molecule has 0 saturated heterocycles. The Balaban J connectivity index is 1.29. The molecule has 3 heterocycles. The highest BCUT2D eigenvalue weighted by atomic mass is 35.5. The molecule has 1 aromatic heterocycles. The molecular formula is C29H30ClFN4O4. The molecular weight excluding hydrogens is 523 g/mol. The summed E-state index contributed by atoms with van der Waals surface area (Å²) in [5.41, 5.74) is 3.60. The summed E-state index contributed by atoms with van der Waals surface area (Å²) in [6.45, 7) is 1.63. The van der Waals surface area contributed by atoms with Crippen LogP contribution in [0.1, 0.15) is 63.5 Å². The van der Waals surface area contributed by atoms with Crippen molar-refractivity contribution in [2.75, 3.05) is 33.9 Å². The second kappa shape index (κ2) is 10.3. The molecule has 8 nitrogen and oxygen atoms in total. The van der Waals surface area contributed by atoms with E-state index in [0.717, 1.165) is 35.6 Å². The summed E-state index contributed by atoms with van der Waals surface area (Å²) in [4.78, 5) is 33.8. The van der Waals surface area contributed by atoms with E-state index in [1.165, 1.54) is 11.0 Å². The molecule has 3 aromatic rings. The fourth-order valence-electron chi connectivity index (χ4n) is 5.49. The van der Waals surface area contributed by atoms with E-state index in [1.807, 2.05) is 12.1 Å². The number of benzene rings is 2. The fourth-order valence-corrected chi connectivity index (χ4v) is 5.73. The van der Waals surface area contributed by atoms with Gasteiger partial charge in [-0.1, -0.05) is 23.7 Å². The number of carbonyl (C=O) groups is 2. The first kappa shape index (κ1) is 25.8. The molecule has 10 heteroatoms. The number of ether oxygens (including phenoxy) is 2. The zero-order chi connectivity index (χ0) is 27.3. The zero-order valence-electron chi connectivity index (χ0n) is 22.0. The average molecular weight is 553 g/mol. The second-order valence-corrected chi connectivity index (χ2v) is 10.9. The highest BCUT2D eigenvalue weighted by Crippen LogP contribution is 2.43. The van der Waals surface area contributed by atoms with E-state index < -0.39 is 6.04 Å². The maximum atomic E-state index is 15.7. The summed E-state index contributed by atoms with van der Waals surface area (Å²) < 4.78 is 29.2. The first-order valence-electron chi connectivity index (χ1n) is 13.2. The van der Waals surface area contributed by atoms with Gasteiger partial charge in [-0.2, -0.15) is 0 Å². The Kier molecular flexibility index (Phi) is 6.81. The Morgan fingerprint density at radius 1 is 1.18 bits per heavy atom. The molecule has 2 aromatic carbocycles. The van der Waals surface area contributed by atoms with Gasteiger partial charge in [0.1, 0.15) is 30.0 Å². The Hall–Kier alpha value is -3.43. The third-order valence-corrected chi connectivity index (χ3v) is 7.93. The summed E-state index contributed by atoms with van der Waals surface area (Å²) in [6, 6.07) is 9.51. The molecule has 0 radical (unpaired) electrons. The number of fused-ring (bicyclic) bond motifs is 3. The van der Waals surface area contributed by atoms with E-state index in [-0.39, 0.29) is 29.3 Å². The minimum absolute atomic E-state index is 0.184. The number of halogens is 2. The summed E-state index contributed by atoms with van der Waals surface area (Å²) >= 11 is 6.38. The van der Waals surface area contributed by atoms with E-state index in [9.17, 15) is 9.59 Å². The largest absolute Gasteiger partial charge is 0.482 e. The lowest BCUT2D eigenvalue weighted by Gasteiger charge is -2.37. The van der Waals surface area contributed by atoms with Crippen LogP contribution in [0.25, 0.3) is 0 Å². The summed E-state index contributed by atoms with van der Waals surface area (Å²) in [7, 11) is 3.32. The predicted molar refractivity (Wildman–Crippen MR) is 142 cm³/mol. The molecule has 204 valence electrons. The van der Waals surface area contributed by atoms with Crippen LogP contribution in [-0.4, -0.2) is 65.0 Å². The zero-order valence-corrected chi connectivity index (χ0v) is 22.7. The van der Waals surface area contributed by atoms with Gasteiger partial charge in [-0.25, -0.2) is 9.37 Å². The maximum absolute atomic E-state index is 15.7. The van der Waals surface area contributed by atoms with Gasteiger partial charge in [-0.15, -0.1) is 0 Å². The Bertz CT molecular complexity index is 1450. The van der Waals surface area contributed by atoms with Crippen LogP contribution in [0.5, 0.6) is 5.75 Å². The van der Waals surface area contributed by atoms with Crippen LogP contribution in [0.4, 0.5) is 4.39 Å². The highest BCUT2D eigenvalue weighted by molar-refractivity contribution is 6.32. The van der Waals surface area contributed by atoms with Gasteiger partial charge < -0.3 is 23.8 Å². The van der Waals surface area contributed by atoms with Gasteiger partial charge in [-0.3, -0.25) is 9.59 Å². The summed E-state index contributed by atoms with van der Waals surface area (Å²) in [6.07, 6.45) is 2.72. The van der Waals surface area contributed by atoms with E-state index in [4.69, 9.17) is 26.1 Å². The van der Waals surface area contributed by atoms with Crippen LogP contribution in [0.3, 0.4) is 0 Å². The molecule has 3 aliphatic rings. The van der Waals surface area contributed by atoms with Crippen LogP contribution >= 0.6 is 11.6 Å². The number of aromatic nitrogens is 2. The van der Waals surface area contributed by atoms with Crippen LogP contribution in [0.15, 0.2) is 36.4 Å². The highest BCUT2D eigenvalue weighted by Gasteiger charge is 2.39. The molecule has 0 N–H and O–H groups in total. The number of hydrogen-bond donors (Lipinski definition) is 0. The summed E-state index contributed by atoms with van der Waals surface area (Å²) in [5, 5.41) is 0.236. The van der Waals surface area contributed by atoms with Crippen LogP contribution in [0.2, 0.25) is 5.02 Å². The Morgan fingerprint density at radius 2 is 2.00 bits per heavy atom. The number of amides is 2. The van der Waals surface area contributed by atoms with E-state index >= 15 is 4.39 Å². The number of carbonyl (C=O) groups excluding carboxylic acids is 2. The third kappa shape index (κ3) is 4.89. The SMILES string of the molecule is CN(C)C(=O)c1ccc(OCC(=O)N2CCc3nc4n(c3C2c2ccc(C3CC3)cc2F)CCOC4)c(Cl)c1. The fraction of sp³-hybridized carbons (Fsp3) is 0.414. The number of hydrogen-bond acceptors (Lipinski definition) is 5. The third-order valence-electron chi connectivity index (χ3n) is 7.64. The molecule has 1 atom stereocenters. The molecule has 2 amide bonds. The molecule has 1 saturated carbocycles. The van der Waals surface area contributed by atoms with Gasteiger partial charge in [0.15, 0.2) is 6.61 Å². The molecule has 0 spiro atoms. The van der Waals surface area contributed by atoms with Gasteiger partial charge in [0.05, 0.1) is 23.0 Å². The van der Waals surface area contributed by atoms with Crippen molar-refractivity contribution in [1.82, 2.24) is 19.4 Å². The predicted octanol–water partition coefficient (Wildman–Crippen LogP) is 4.34. The molecule has 1 fully saturated rings. The summed E-state index contributed by atoms with van der Waals surface area (Å²) in [5.74, 6) is 0.733. The van der Waals surface area contributed by atoms with E-state index in [2.05, 4.69) is 4.57 Å². The molecule has 1 aliphatic carbocycles. The van der Waals surface area contributed by atoms with Crippen molar-refractivity contribution in [2.45, 2.75) is 44.4 Å². The van der Waals surface area contributed by atoms with Crippen molar-refractivity contribution in [3.8, 4) is 5.75 Å². The van der Waals surface area contributed by atoms with Crippen molar-refractivity contribution in [3.05, 3.63) is 81.1 Å². The smallest absolute Gasteiger partial charge is 0.261 e. The van der Waals surface area contributed by atoms with Crippen molar-refractivity contribution in [3.63, 3.8) is 0 Å². The molecule has 2 aliphatic heterocycles. The molecule has 39 heavy (non-hydrogen) atoms. The number of rotatable bonds is 6. The molecule has 1 unspecified atom stereocenters. The van der Waals surface area contributed by atoms with Gasteiger partial charge in [-0.05, 0) is 48.6 Å². The lowest BCUT2D eigenvalue weighted by Crippen LogP contribution is -2.44. The molecule has 0 bridgehead atoms. The Morgan fingerprint density at radius 3 is 2.72 bits per heavy atom. The normalized spacial score (nSPS) is 18.4. The Labute approximate surface area is 231 Å². The monoisotopic (exact) mass is 552 g/mol. The maximum Gasteiger partial charge on any atom is 0.261 e. The minimum Gasteiger partial charge on any atom is -0.482 e. The standard InChI is InChI=1S/C29H30ClFN4O4/c1-33(2)29(37)19-6-8-24(21(30)13-19)39-16-26(36)35-10-9-23-28(34-11-12-38-15-25(34)32-23)27(35)20-7-5-18(14-22(20)31)17-3-4-17/h5-8,13-14,17,27H,3-4,9-12,15-16H2,1-2H3. The van der Waals surface area contributed by atoms with E-state index in [1.54, 1.807) is 37.2 Å². The average Bonchev–Trinajstić information content (AvgIpc) is 3.71. The van der Waals surface area contributed by atoms with Crippen LogP contribution < -0.4 is 4.74 Å². The first-order chi connectivity index (χ1) is 18.8. The minimum atomic E-state index is -0.631. The van der Waals surface area contributed by atoms with Gasteiger partial charge in [0, 0.05) is 44.7 Å². The van der Waals surface area contributed by atoms with Crippen molar-refractivity contribution in [2.24, 2.45) is 0 Å². The van der Waals surface area contributed by atoms with Crippen molar-refractivity contribution >= 4 is 23.4 Å². The van der Waals surface area contributed by atoms with E-state index in [0.29, 0.717) is 55.5 Å². The van der Waals surface area contributed by atoms with Gasteiger partial charge in [0.25, 0.3) is 11.8 Å². The number of imidazole rings is 1. The van der Waals surface area contributed by atoms with Crippen molar-refractivity contribution < 1.29 is 23.5 Å². The van der Waals surface area contributed by atoms with Crippen molar-refractivity contribution in [1.29, 1.82) is 0 Å². The quantitative estimate of drug-likeness (QED) is 0.455. The topological polar surface area (TPSA) is 76.9 Å².